The maximum atomic E-state index is 12.3. The smallest absolute Gasteiger partial charge is 0.349 e. The van der Waals surface area contributed by atoms with Gasteiger partial charge in [0, 0.05) is 11.0 Å². The molecule has 0 saturated carbocycles. The van der Waals surface area contributed by atoms with Crippen LogP contribution in [0.3, 0.4) is 0 Å². The second kappa shape index (κ2) is 13.3. The van der Waals surface area contributed by atoms with Crippen molar-refractivity contribution >= 4 is 33.9 Å². The molecule has 8 heteroatoms. The second-order valence-electron chi connectivity index (χ2n) is 7.06. The number of hydrogen-bond acceptors (Lipinski definition) is 6. The Morgan fingerprint density at radius 3 is 2.55 bits per heavy atom. The summed E-state index contributed by atoms with van der Waals surface area (Å²) < 4.78 is 17.3. The van der Waals surface area contributed by atoms with E-state index in [0.717, 1.165) is 29.3 Å². The number of unbranched alkanes of at least 4 members (excludes halogenated alkanes) is 1. The lowest BCUT2D eigenvalue weighted by Crippen LogP contribution is -2.25. The highest BCUT2D eigenvalue weighted by Crippen LogP contribution is 2.29. The number of nitriles is 1. The lowest BCUT2D eigenvalue weighted by Gasteiger charge is -2.12. The van der Waals surface area contributed by atoms with Crippen molar-refractivity contribution in [3.8, 4) is 23.3 Å². The number of methoxy groups -OCH3 is 1. The van der Waals surface area contributed by atoms with E-state index in [-0.39, 0.29) is 17.9 Å². The van der Waals surface area contributed by atoms with E-state index in [4.69, 9.17) is 14.2 Å². The van der Waals surface area contributed by atoms with Gasteiger partial charge in [-0.3, -0.25) is 4.79 Å². The molecule has 0 unspecified atom stereocenters. The summed E-state index contributed by atoms with van der Waals surface area (Å²) in [4.78, 5) is 24.5. The summed E-state index contributed by atoms with van der Waals surface area (Å²) in [5.74, 6) is 0.0947. The predicted octanol–water partition coefficient (Wildman–Crippen LogP) is 4.83. The quantitative estimate of drug-likeness (QED) is 0.151. The Morgan fingerprint density at radius 2 is 1.88 bits per heavy atom. The summed E-state index contributed by atoms with van der Waals surface area (Å²) >= 11 is 3.42. The summed E-state index contributed by atoms with van der Waals surface area (Å²) in [7, 11) is 1.44. The average molecular weight is 515 g/mol. The van der Waals surface area contributed by atoms with Crippen LogP contribution in [0.1, 0.15) is 37.8 Å². The predicted molar refractivity (Wildman–Crippen MR) is 129 cm³/mol. The minimum Gasteiger partial charge on any atom is -0.493 e. The highest BCUT2D eigenvalue weighted by atomic mass is 79.9. The molecule has 0 saturated heterocycles. The maximum Gasteiger partial charge on any atom is 0.349 e. The minimum absolute atomic E-state index is 0.0208. The van der Waals surface area contributed by atoms with Crippen molar-refractivity contribution in [3.63, 3.8) is 0 Å². The number of amides is 1. The summed E-state index contributed by atoms with van der Waals surface area (Å²) in [5.41, 5.74) is 1.51. The number of esters is 1. The molecule has 0 heterocycles. The molecular weight excluding hydrogens is 488 g/mol. The van der Waals surface area contributed by atoms with E-state index in [1.807, 2.05) is 32.0 Å². The van der Waals surface area contributed by atoms with Crippen molar-refractivity contribution in [1.29, 1.82) is 5.26 Å². The fourth-order valence-corrected chi connectivity index (χ4v) is 3.31. The Labute approximate surface area is 202 Å². The van der Waals surface area contributed by atoms with E-state index in [1.54, 1.807) is 24.3 Å². The first-order valence-electron chi connectivity index (χ1n) is 10.6. The molecule has 0 aromatic heterocycles. The molecule has 2 aromatic rings. The highest BCUT2D eigenvalue weighted by Gasteiger charge is 2.14. The van der Waals surface area contributed by atoms with Crippen molar-refractivity contribution in [2.24, 2.45) is 0 Å². The van der Waals surface area contributed by atoms with Gasteiger partial charge < -0.3 is 19.5 Å². The van der Waals surface area contributed by atoms with Crippen LogP contribution < -0.4 is 19.5 Å². The van der Waals surface area contributed by atoms with Crippen LogP contribution in [0, 0.1) is 11.3 Å². The van der Waals surface area contributed by atoms with E-state index < -0.39 is 11.9 Å². The van der Waals surface area contributed by atoms with Gasteiger partial charge in [0.1, 0.15) is 17.4 Å². The number of carbonyl (C=O) groups is 2. The van der Waals surface area contributed by atoms with Gasteiger partial charge in [-0.1, -0.05) is 42.3 Å². The van der Waals surface area contributed by atoms with Crippen LogP contribution in [0.5, 0.6) is 17.2 Å². The monoisotopic (exact) mass is 514 g/mol. The molecule has 0 atom stereocenters. The van der Waals surface area contributed by atoms with E-state index in [1.165, 1.54) is 13.2 Å². The van der Waals surface area contributed by atoms with Gasteiger partial charge in [0.05, 0.1) is 7.11 Å². The molecule has 1 amide bonds. The van der Waals surface area contributed by atoms with Gasteiger partial charge in [0.15, 0.2) is 18.1 Å². The van der Waals surface area contributed by atoms with E-state index in [0.29, 0.717) is 23.6 Å². The first-order valence-corrected chi connectivity index (χ1v) is 11.4. The highest BCUT2D eigenvalue weighted by molar-refractivity contribution is 9.10. The number of aryl methyl sites for hydroxylation is 1. The normalized spacial score (nSPS) is 10.8. The van der Waals surface area contributed by atoms with Crippen LogP contribution in [0.15, 0.2) is 46.4 Å². The first-order chi connectivity index (χ1) is 15.9. The number of halogens is 1. The number of carbonyl (C=O) groups excluding carboxylic acids is 2. The molecule has 0 spiro atoms. The summed E-state index contributed by atoms with van der Waals surface area (Å²) in [6, 6.07) is 12.3. The van der Waals surface area contributed by atoms with Gasteiger partial charge >= 0.3 is 5.97 Å². The first kappa shape index (κ1) is 25.9. The fraction of sp³-hybridized carbons (Fsp3) is 0.320. The van der Waals surface area contributed by atoms with Crippen molar-refractivity contribution in [3.05, 3.63) is 57.6 Å². The zero-order chi connectivity index (χ0) is 24.2. The Hall–Kier alpha value is -3.31. The largest absolute Gasteiger partial charge is 0.493 e. The number of ether oxygens (including phenoxy) is 3. The molecule has 2 rings (SSSR count). The third-order valence-corrected chi connectivity index (χ3v) is 5.15. The van der Waals surface area contributed by atoms with Crippen molar-refractivity contribution in [2.75, 3.05) is 20.3 Å². The molecule has 174 valence electrons. The SMILES string of the molecule is CCCCNC(=O)/C(C#N)=C/c1ccc(OC(=O)COc2ccc(Br)cc2CC)c(OC)c1. The number of benzene rings is 2. The van der Waals surface area contributed by atoms with E-state index >= 15 is 0 Å². The Kier molecular flexibility index (Phi) is 10.4. The van der Waals surface area contributed by atoms with Crippen LogP contribution in [-0.4, -0.2) is 32.1 Å². The number of nitrogens with zero attached hydrogens (tertiary/aromatic N) is 1. The zero-order valence-electron chi connectivity index (χ0n) is 18.9. The summed E-state index contributed by atoms with van der Waals surface area (Å²) in [6.45, 7) is 4.26. The molecular formula is C25H27BrN2O5. The van der Waals surface area contributed by atoms with Crippen LogP contribution in [0.4, 0.5) is 0 Å². The van der Waals surface area contributed by atoms with Gasteiger partial charge in [-0.05, 0) is 60.4 Å². The van der Waals surface area contributed by atoms with Crippen molar-refractivity contribution < 1.29 is 23.8 Å². The number of nitrogens with one attached hydrogen (secondary N) is 1. The van der Waals surface area contributed by atoms with E-state index in [2.05, 4.69) is 21.2 Å². The number of rotatable bonds is 11. The van der Waals surface area contributed by atoms with Crippen molar-refractivity contribution in [1.82, 2.24) is 5.32 Å². The molecule has 1 N–H and O–H groups in total. The second-order valence-corrected chi connectivity index (χ2v) is 7.97. The van der Waals surface area contributed by atoms with Gasteiger partial charge in [-0.15, -0.1) is 0 Å². The standard InChI is InChI=1S/C25H27BrN2O5/c1-4-6-11-28-25(30)19(15-27)12-17-7-9-22(23(13-17)31-3)33-24(29)16-32-21-10-8-20(26)14-18(21)5-2/h7-10,12-14H,4-6,11,16H2,1-3H3,(H,28,30)/b19-12+. The van der Waals surface area contributed by atoms with Crippen LogP contribution in [0.25, 0.3) is 6.08 Å². The molecule has 0 aliphatic carbocycles. The maximum absolute atomic E-state index is 12.3. The molecule has 33 heavy (non-hydrogen) atoms. The topological polar surface area (TPSA) is 97.7 Å². The van der Waals surface area contributed by atoms with Gasteiger partial charge in [0.2, 0.25) is 0 Å². The lowest BCUT2D eigenvalue weighted by molar-refractivity contribution is -0.136. The molecule has 0 radical (unpaired) electrons. The lowest BCUT2D eigenvalue weighted by atomic mass is 10.1. The Bertz CT molecular complexity index is 1060. The molecule has 0 aliphatic heterocycles. The fourth-order valence-electron chi connectivity index (χ4n) is 2.90. The molecule has 0 bridgehead atoms. The van der Waals surface area contributed by atoms with Gasteiger partial charge in [-0.25, -0.2) is 4.79 Å². The Balaban J connectivity index is 2.07. The van der Waals surface area contributed by atoms with Crippen molar-refractivity contribution in [2.45, 2.75) is 33.1 Å². The molecule has 2 aromatic carbocycles. The number of hydrogen-bond donors (Lipinski definition) is 1. The van der Waals surface area contributed by atoms with Crippen LogP contribution in [-0.2, 0) is 16.0 Å². The minimum atomic E-state index is -0.588. The van der Waals surface area contributed by atoms with E-state index in [9.17, 15) is 14.9 Å². The summed E-state index contributed by atoms with van der Waals surface area (Å²) in [5, 5.41) is 12.0. The molecule has 0 aliphatic rings. The third kappa shape index (κ3) is 7.95. The molecule has 0 fully saturated rings. The van der Waals surface area contributed by atoms with Gasteiger partial charge in [0.25, 0.3) is 5.91 Å². The average Bonchev–Trinajstić information content (AvgIpc) is 2.82. The summed E-state index contributed by atoms with van der Waals surface area (Å²) in [6.07, 6.45) is 3.99. The van der Waals surface area contributed by atoms with Crippen LogP contribution in [0.2, 0.25) is 0 Å². The molecule has 7 nitrogen and oxygen atoms in total. The zero-order valence-corrected chi connectivity index (χ0v) is 20.5. The van der Waals surface area contributed by atoms with Gasteiger partial charge in [-0.2, -0.15) is 5.26 Å². The third-order valence-electron chi connectivity index (χ3n) is 4.65. The Morgan fingerprint density at radius 1 is 1.12 bits per heavy atom. The van der Waals surface area contributed by atoms with Crippen LogP contribution >= 0.6 is 15.9 Å².